The number of methoxy groups -OCH3 is 1. The molecule has 5 heteroatoms. The maximum Gasteiger partial charge on any atom is 0.337 e. The van der Waals surface area contributed by atoms with Gasteiger partial charge in [0, 0.05) is 12.9 Å². The Labute approximate surface area is 87.3 Å². The molecule has 0 saturated heterocycles. The number of ether oxygens (including phenoxy) is 1. The highest BCUT2D eigenvalue weighted by molar-refractivity contribution is 6.29. The second-order valence-corrected chi connectivity index (χ2v) is 2.76. The van der Waals surface area contributed by atoms with Gasteiger partial charge in [-0.15, -0.1) is 11.6 Å². The number of nitrogens with one attached hydrogen (secondary N) is 1. The summed E-state index contributed by atoms with van der Waals surface area (Å²) >= 11 is 11.1. The Morgan fingerprint density at radius 3 is 2.62 bits per heavy atom. The van der Waals surface area contributed by atoms with Crippen molar-refractivity contribution in [1.29, 1.82) is 0 Å². The Morgan fingerprint density at radius 2 is 2.23 bits per heavy atom. The molecule has 3 nitrogen and oxygen atoms in total. The van der Waals surface area contributed by atoms with Crippen molar-refractivity contribution in [3.05, 3.63) is 22.9 Å². The molecule has 0 aromatic carbocycles. The van der Waals surface area contributed by atoms with Gasteiger partial charge in [0.15, 0.2) is 0 Å². The van der Waals surface area contributed by atoms with Gasteiger partial charge >= 0.3 is 5.97 Å². The number of carbonyl (C=O) groups excluding carboxylic acids is 1. The van der Waals surface area contributed by atoms with Crippen molar-refractivity contribution in [2.75, 3.05) is 20.0 Å². The largest absolute Gasteiger partial charge is 0.465 e. The van der Waals surface area contributed by atoms with E-state index in [4.69, 9.17) is 23.2 Å². The minimum atomic E-state index is -0.464. The third kappa shape index (κ3) is 4.80. The zero-order valence-corrected chi connectivity index (χ0v) is 8.95. The summed E-state index contributed by atoms with van der Waals surface area (Å²) < 4.78 is 4.51. The first-order valence-corrected chi connectivity index (χ1v) is 4.46. The van der Waals surface area contributed by atoms with Crippen LogP contribution in [0.4, 0.5) is 0 Å². The van der Waals surface area contributed by atoms with E-state index in [1.54, 1.807) is 7.05 Å². The zero-order chi connectivity index (χ0) is 10.3. The van der Waals surface area contributed by atoms with E-state index in [1.807, 2.05) is 0 Å². The summed E-state index contributed by atoms with van der Waals surface area (Å²) in [5.41, 5.74) is 0.330. The summed E-state index contributed by atoms with van der Waals surface area (Å²) in [5, 5.41) is 3.02. The van der Waals surface area contributed by atoms with Crippen LogP contribution in [0.3, 0.4) is 0 Å². The molecule has 0 fully saturated rings. The van der Waals surface area contributed by atoms with E-state index in [-0.39, 0.29) is 5.88 Å². The lowest BCUT2D eigenvalue weighted by Crippen LogP contribution is -2.06. The zero-order valence-electron chi connectivity index (χ0n) is 7.43. The first kappa shape index (κ1) is 12.3. The van der Waals surface area contributed by atoms with E-state index in [2.05, 4.69) is 10.1 Å². The molecular weight excluding hydrogens is 213 g/mol. The predicted molar refractivity (Wildman–Crippen MR) is 53.8 cm³/mol. The average molecular weight is 224 g/mol. The topological polar surface area (TPSA) is 38.3 Å². The normalized spacial score (nSPS) is 12.6. The number of rotatable bonds is 4. The molecule has 0 aliphatic rings. The van der Waals surface area contributed by atoms with Crippen LogP contribution in [0.1, 0.15) is 0 Å². The quantitative estimate of drug-likeness (QED) is 0.259. The van der Waals surface area contributed by atoms with Crippen LogP contribution in [0.2, 0.25) is 0 Å². The van der Waals surface area contributed by atoms with Crippen molar-refractivity contribution >= 4 is 29.2 Å². The number of alkyl halides is 1. The van der Waals surface area contributed by atoms with Crippen molar-refractivity contribution < 1.29 is 9.53 Å². The van der Waals surface area contributed by atoms with Gasteiger partial charge in [0.1, 0.15) is 5.16 Å². The van der Waals surface area contributed by atoms with Gasteiger partial charge in [-0.2, -0.15) is 0 Å². The van der Waals surface area contributed by atoms with Crippen LogP contribution in [0.25, 0.3) is 0 Å². The van der Waals surface area contributed by atoms with Crippen molar-refractivity contribution in [2.24, 2.45) is 0 Å². The maximum absolute atomic E-state index is 11.1. The van der Waals surface area contributed by atoms with Gasteiger partial charge in [-0.1, -0.05) is 17.7 Å². The summed E-state index contributed by atoms with van der Waals surface area (Å²) in [7, 11) is 2.94. The highest BCUT2D eigenvalue weighted by atomic mass is 35.5. The second kappa shape index (κ2) is 6.80. The van der Waals surface area contributed by atoms with E-state index >= 15 is 0 Å². The van der Waals surface area contributed by atoms with Gasteiger partial charge < -0.3 is 10.1 Å². The fourth-order valence-electron chi connectivity index (χ4n) is 0.611. The van der Waals surface area contributed by atoms with Crippen LogP contribution in [-0.2, 0) is 9.53 Å². The molecule has 1 N–H and O–H groups in total. The average Bonchev–Trinajstić information content (AvgIpc) is 2.15. The lowest BCUT2D eigenvalue weighted by atomic mass is 10.2. The van der Waals surface area contributed by atoms with Crippen LogP contribution in [0.5, 0.6) is 0 Å². The van der Waals surface area contributed by atoms with Crippen molar-refractivity contribution in [3.8, 4) is 0 Å². The smallest absolute Gasteiger partial charge is 0.337 e. The highest BCUT2D eigenvalue weighted by Gasteiger charge is 2.06. The lowest BCUT2D eigenvalue weighted by molar-refractivity contribution is -0.135. The minimum absolute atomic E-state index is 0.231. The van der Waals surface area contributed by atoms with E-state index in [9.17, 15) is 4.79 Å². The summed E-state index contributed by atoms with van der Waals surface area (Å²) in [6.45, 7) is 0. The predicted octanol–water partition coefficient (Wildman–Crippen LogP) is 1.62. The first-order valence-electron chi connectivity index (χ1n) is 3.55. The molecule has 0 radical (unpaired) electrons. The van der Waals surface area contributed by atoms with Gasteiger partial charge in [-0.25, -0.2) is 4.79 Å². The van der Waals surface area contributed by atoms with E-state index in [1.165, 1.54) is 19.3 Å². The standard InChI is InChI=1S/C8H11Cl2NO2/c1-11-7(10)5-6(3-4-9)8(12)13-2/h3,5,11H,4H2,1-2H3/b6-3+,7-5-. The number of halogens is 2. The van der Waals surface area contributed by atoms with Crippen LogP contribution in [0.15, 0.2) is 22.9 Å². The Hall–Kier alpha value is -0.670. The Balaban J connectivity index is 4.63. The number of hydrogen-bond acceptors (Lipinski definition) is 3. The third-order valence-electron chi connectivity index (χ3n) is 1.24. The van der Waals surface area contributed by atoms with Crippen LogP contribution < -0.4 is 5.32 Å². The molecule has 0 spiro atoms. The second-order valence-electron chi connectivity index (χ2n) is 2.05. The van der Waals surface area contributed by atoms with Gasteiger partial charge in [0.2, 0.25) is 0 Å². The summed E-state index contributed by atoms with van der Waals surface area (Å²) in [6, 6.07) is 0. The molecule has 0 unspecified atom stereocenters. The molecular formula is C8H11Cl2NO2. The van der Waals surface area contributed by atoms with Crippen molar-refractivity contribution in [3.63, 3.8) is 0 Å². The maximum atomic E-state index is 11.1. The molecule has 74 valence electrons. The Kier molecular flexibility index (Phi) is 6.45. The summed E-state index contributed by atoms with van der Waals surface area (Å²) in [4.78, 5) is 11.1. The third-order valence-corrected chi connectivity index (χ3v) is 1.69. The van der Waals surface area contributed by atoms with E-state index in [0.717, 1.165) is 0 Å². The van der Waals surface area contributed by atoms with Crippen LogP contribution in [-0.4, -0.2) is 26.0 Å². The van der Waals surface area contributed by atoms with E-state index in [0.29, 0.717) is 10.7 Å². The molecule has 0 saturated carbocycles. The SMILES string of the molecule is CN/C(Cl)=C\C(=C/CCl)C(=O)OC. The van der Waals surface area contributed by atoms with Crippen LogP contribution in [0, 0.1) is 0 Å². The van der Waals surface area contributed by atoms with Crippen molar-refractivity contribution in [1.82, 2.24) is 5.32 Å². The molecule has 13 heavy (non-hydrogen) atoms. The minimum Gasteiger partial charge on any atom is -0.465 e. The van der Waals surface area contributed by atoms with Gasteiger partial charge in [0.05, 0.1) is 12.7 Å². The number of hydrogen-bond donors (Lipinski definition) is 1. The molecule has 0 aliphatic carbocycles. The summed E-state index contributed by atoms with van der Waals surface area (Å²) in [6.07, 6.45) is 2.98. The Bertz CT molecular complexity index is 236. The van der Waals surface area contributed by atoms with Crippen LogP contribution >= 0.6 is 23.2 Å². The first-order chi connectivity index (χ1) is 6.15. The molecule has 0 heterocycles. The molecule has 0 aromatic heterocycles. The molecule has 0 atom stereocenters. The van der Waals surface area contributed by atoms with Gasteiger partial charge in [0.25, 0.3) is 0 Å². The molecule has 0 aromatic rings. The fraction of sp³-hybridized carbons (Fsp3) is 0.375. The van der Waals surface area contributed by atoms with Gasteiger partial charge in [-0.05, 0) is 6.08 Å². The van der Waals surface area contributed by atoms with Crippen molar-refractivity contribution in [2.45, 2.75) is 0 Å². The number of allylic oxidation sites excluding steroid dienone is 1. The lowest BCUT2D eigenvalue weighted by Gasteiger charge is -2.00. The van der Waals surface area contributed by atoms with Gasteiger partial charge in [-0.3, -0.25) is 0 Å². The number of carbonyl (C=O) groups is 1. The molecule has 0 amide bonds. The Morgan fingerprint density at radius 1 is 1.62 bits per heavy atom. The summed E-state index contributed by atoms with van der Waals surface area (Å²) in [5.74, 6) is -0.233. The highest BCUT2D eigenvalue weighted by Crippen LogP contribution is 2.06. The monoisotopic (exact) mass is 223 g/mol. The molecule has 0 bridgehead atoms. The fourth-order valence-corrected chi connectivity index (χ4v) is 0.895. The molecule has 0 rings (SSSR count). The van der Waals surface area contributed by atoms with E-state index < -0.39 is 5.97 Å². The molecule has 0 aliphatic heterocycles. The number of esters is 1.